The molecule has 3 fully saturated rings. The first kappa shape index (κ1) is 24.5. The van der Waals surface area contributed by atoms with Crippen LogP contribution in [0, 0.1) is 5.92 Å². The average Bonchev–Trinajstić information content (AvgIpc) is 3.62. The van der Waals surface area contributed by atoms with Gasteiger partial charge < -0.3 is 19.6 Å². The molecule has 0 aromatic heterocycles. The number of benzene rings is 2. The van der Waals surface area contributed by atoms with Gasteiger partial charge >= 0.3 is 12.2 Å². The van der Waals surface area contributed by atoms with Crippen LogP contribution in [0.5, 0.6) is 0 Å². The van der Waals surface area contributed by atoms with Crippen molar-refractivity contribution >= 4 is 24.0 Å². The van der Waals surface area contributed by atoms with Gasteiger partial charge in [0.25, 0.3) is 5.91 Å². The van der Waals surface area contributed by atoms with Crippen molar-refractivity contribution in [2.24, 2.45) is 5.92 Å². The van der Waals surface area contributed by atoms with Gasteiger partial charge in [-0.05, 0) is 48.8 Å². The summed E-state index contributed by atoms with van der Waals surface area (Å²) in [5.74, 6) is -0.198. The Morgan fingerprint density at radius 3 is 2.55 bits per heavy atom. The maximum Gasteiger partial charge on any atom is 0.418 e. The number of likely N-dealkylation sites (tertiary alicyclic amines) is 1. The van der Waals surface area contributed by atoms with Gasteiger partial charge in [0.1, 0.15) is 6.54 Å². The largest absolute Gasteiger partial charge is 0.465 e. The number of carbonyl (C=O) groups excluding carboxylic acids is 3. The van der Waals surface area contributed by atoms with E-state index in [1.807, 2.05) is 55.5 Å². The Morgan fingerprint density at radius 2 is 1.87 bits per heavy atom. The van der Waals surface area contributed by atoms with Gasteiger partial charge in [-0.15, -0.1) is 0 Å². The standard InChI is InChI=1S/C29H31N3O6/c1-18(20-7-8-20)31(14-19-5-3-2-4-6-19)25(33)17-32-26(34)29(38-28(32)37)12-11-22-13-21(9-10-24(22)29)23-15-30(16-23)27(35)36/h2-6,9-10,13,18,20,23H,7-8,11-12,14-17H2,1H3,(H,35,36)/t18?,29-/m1/s1. The van der Waals surface area contributed by atoms with E-state index in [-0.39, 0.29) is 24.4 Å². The fraction of sp³-hybridized carbons (Fsp3) is 0.448. The van der Waals surface area contributed by atoms with Crippen LogP contribution in [0.3, 0.4) is 0 Å². The second-order valence-corrected chi connectivity index (χ2v) is 11.0. The maximum absolute atomic E-state index is 13.7. The SMILES string of the molecule is CC(C1CC1)N(Cc1ccccc1)C(=O)CN1C(=O)O[C@@]2(CCc3cc(C4CN(C(=O)O)C4)ccc32)C1=O. The van der Waals surface area contributed by atoms with Crippen LogP contribution in [0.25, 0.3) is 0 Å². The molecule has 9 nitrogen and oxygen atoms in total. The first-order chi connectivity index (χ1) is 18.3. The Bertz CT molecular complexity index is 1300. The summed E-state index contributed by atoms with van der Waals surface area (Å²) in [6.45, 7) is 3.01. The number of carboxylic acid groups (broad SMARTS) is 1. The van der Waals surface area contributed by atoms with Gasteiger partial charge in [-0.2, -0.15) is 0 Å². The molecular weight excluding hydrogens is 486 g/mol. The summed E-state index contributed by atoms with van der Waals surface area (Å²) in [6.07, 6.45) is 1.34. The van der Waals surface area contributed by atoms with Crippen LogP contribution in [0.15, 0.2) is 48.5 Å². The molecule has 2 aliphatic carbocycles. The van der Waals surface area contributed by atoms with Crippen molar-refractivity contribution in [1.29, 1.82) is 0 Å². The van der Waals surface area contributed by atoms with Crippen molar-refractivity contribution in [3.8, 4) is 0 Å². The van der Waals surface area contributed by atoms with Crippen LogP contribution in [-0.2, 0) is 32.9 Å². The molecule has 38 heavy (non-hydrogen) atoms. The molecule has 1 spiro atoms. The van der Waals surface area contributed by atoms with Crippen LogP contribution >= 0.6 is 0 Å². The lowest BCUT2D eigenvalue weighted by atomic mass is 9.88. The third-order valence-electron chi connectivity index (χ3n) is 8.61. The van der Waals surface area contributed by atoms with Crippen molar-refractivity contribution in [2.75, 3.05) is 19.6 Å². The van der Waals surface area contributed by atoms with Gasteiger partial charge in [-0.3, -0.25) is 9.59 Å². The molecular formula is C29H31N3O6. The Labute approximate surface area is 221 Å². The molecule has 1 unspecified atom stereocenters. The minimum atomic E-state index is -1.40. The second-order valence-electron chi connectivity index (χ2n) is 11.0. The summed E-state index contributed by atoms with van der Waals surface area (Å²) in [5, 5.41) is 9.11. The molecule has 1 N–H and O–H groups in total. The topological polar surface area (TPSA) is 107 Å². The minimum absolute atomic E-state index is 0.0135. The number of fused-ring (bicyclic) bond motifs is 2. The molecule has 4 aliphatic rings. The quantitative estimate of drug-likeness (QED) is 0.600. The predicted octanol–water partition coefficient (Wildman–Crippen LogP) is 3.71. The van der Waals surface area contributed by atoms with Crippen molar-refractivity contribution < 1.29 is 29.0 Å². The lowest BCUT2D eigenvalue weighted by Gasteiger charge is -2.37. The molecule has 0 radical (unpaired) electrons. The molecule has 2 aromatic rings. The molecule has 4 amide bonds. The number of hydrogen-bond acceptors (Lipinski definition) is 5. The van der Waals surface area contributed by atoms with Crippen molar-refractivity contribution in [1.82, 2.24) is 14.7 Å². The first-order valence-corrected chi connectivity index (χ1v) is 13.3. The Morgan fingerprint density at radius 1 is 1.13 bits per heavy atom. The average molecular weight is 518 g/mol. The van der Waals surface area contributed by atoms with E-state index in [0.29, 0.717) is 44.0 Å². The number of imide groups is 1. The van der Waals surface area contributed by atoms with Gasteiger partial charge in [-0.25, -0.2) is 14.5 Å². The molecule has 2 aliphatic heterocycles. The number of hydrogen-bond donors (Lipinski definition) is 1. The fourth-order valence-corrected chi connectivity index (χ4v) is 6.07. The molecule has 2 aromatic carbocycles. The Kier molecular flexibility index (Phi) is 5.89. The molecule has 0 bridgehead atoms. The maximum atomic E-state index is 13.7. The summed E-state index contributed by atoms with van der Waals surface area (Å²) in [7, 11) is 0. The van der Waals surface area contributed by atoms with Crippen LogP contribution in [0.1, 0.15) is 54.4 Å². The van der Waals surface area contributed by atoms with E-state index in [1.165, 1.54) is 4.90 Å². The van der Waals surface area contributed by atoms with E-state index < -0.39 is 23.7 Å². The minimum Gasteiger partial charge on any atom is -0.465 e. The lowest BCUT2D eigenvalue weighted by molar-refractivity contribution is -0.143. The highest BCUT2D eigenvalue weighted by Gasteiger charge is 2.58. The van der Waals surface area contributed by atoms with E-state index in [4.69, 9.17) is 9.84 Å². The molecule has 1 saturated carbocycles. The number of ether oxygens (including phenoxy) is 1. The van der Waals surface area contributed by atoms with E-state index in [2.05, 4.69) is 0 Å². The summed E-state index contributed by atoms with van der Waals surface area (Å²) in [4.78, 5) is 55.4. The third kappa shape index (κ3) is 4.10. The van der Waals surface area contributed by atoms with Crippen LogP contribution in [0.4, 0.5) is 9.59 Å². The van der Waals surface area contributed by atoms with Gasteiger partial charge in [0.2, 0.25) is 11.5 Å². The summed E-state index contributed by atoms with van der Waals surface area (Å²) >= 11 is 0. The van der Waals surface area contributed by atoms with Crippen molar-refractivity contribution in [3.63, 3.8) is 0 Å². The van der Waals surface area contributed by atoms with Crippen LogP contribution in [-0.4, -0.2) is 69.5 Å². The number of nitrogens with zero attached hydrogens (tertiary/aromatic N) is 3. The van der Waals surface area contributed by atoms with Gasteiger partial charge in [0, 0.05) is 43.6 Å². The lowest BCUT2D eigenvalue weighted by Crippen LogP contribution is -2.48. The summed E-state index contributed by atoms with van der Waals surface area (Å²) in [6, 6.07) is 15.5. The van der Waals surface area contributed by atoms with E-state index in [1.54, 1.807) is 4.90 Å². The van der Waals surface area contributed by atoms with E-state index in [9.17, 15) is 19.2 Å². The van der Waals surface area contributed by atoms with Gasteiger partial charge in [0.05, 0.1) is 0 Å². The summed E-state index contributed by atoms with van der Waals surface area (Å²) in [5.41, 5.74) is 2.21. The first-order valence-electron chi connectivity index (χ1n) is 13.3. The van der Waals surface area contributed by atoms with E-state index >= 15 is 0 Å². The van der Waals surface area contributed by atoms with Crippen molar-refractivity contribution in [2.45, 2.75) is 56.7 Å². The Balaban J connectivity index is 1.19. The number of carbonyl (C=O) groups is 4. The van der Waals surface area contributed by atoms with Gasteiger partial charge in [-0.1, -0.05) is 48.5 Å². The normalized spacial score (nSPS) is 23.3. The molecule has 2 saturated heterocycles. The third-order valence-corrected chi connectivity index (χ3v) is 8.61. The molecule has 198 valence electrons. The zero-order valence-corrected chi connectivity index (χ0v) is 21.3. The second kappa shape index (κ2) is 9.15. The zero-order chi connectivity index (χ0) is 26.6. The monoisotopic (exact) mass is 517 g/mol. The fourth-order valence-electron chi connectivity index (χ4n) is 6.07. The van der Waals surface area contributed by atoms with Crippen LogP contribution in [0.2, 0.25) is 0 Å². The number of rotatable bonds is 7. The number of aryl methyl sites for hydroxylation is 1. The van der Waals surface area contributed by atoms with Gasteiger partial charge in [0.15, 0.2) is 0 Å². The molecule has 6 rings (SSSR count). The molecule has 2 heterocycles. The highest BCUT2D eigenvalue weighted by Crippen LogP contribution is 2.46. The molecule has 2 atom stereocenters. The summed E-state index contributed by atoms with van der Waals surface area (Å²) < 4.78 is 5.75. The highest BCUT2D eigenvalue weighted by molar-refractivity contribution is 6.06. The molecule has 9 heteroatoms. The highest BCUT2D eigenvalue weighted by atomic mass is 16.6. The smallest absolute Gasteiger partial charge is 0.418 e. The Hall–Kier alpha value is -3.88. The van der Waals surface area contributed by atoms with E-state index in [0.717, 1.165) is 34.4 Å². The number of amides is 4. The zero-order valence-electron chi connectivity index (χ0n) is 21.3. The van der Waals surface area contributed by atoms with Crippen LogP contribution < -0.4 is 0 Å². The van der Waals surface area contributed by atoms with Crippen molar-refractivity contribution in [3.05, 3.63) is 70.8 Å². The predicted molar refractivity (Wildman–Crippen MR) is 136 cm³/mol.